The van der Waals surface area contributed by atoms with E-state index in [-0.39, 0.29) is 23.6 Å². The second-order valence-corrected chi connectivity index (χ2v) is 7.75. The molecule has 3 rings (SSSR count). The van der Waals surface area contributed by atoms with Gasteiger partial charge in [0.1, 0.15) is 11.5 Å². The lowest BCUT2D eigenvalue weighted by molar-refractivity contribution is -0.145. The summed E-state index contributed by atoms with van der Waals surface area (Å²) < 4.78 is 30.9. The van der Waals surface area contributed by atoms with Gasteiger partial charge in [-0.25, -0.2) is 12.7 Å². The van der Waals surface area contributed by atoms with Crippen molar-refractivity contribution in [3.63, 3.8) is 0 Å². The highest BCUT2D eigenvalue weighted by Gasteiger charge is 2.40. The molecule has 1 aliphatic rings. The van der Waals surface area contributed by atoms with Crippen molar-refractivity contribution in [2.24, 2.45) is 0 Å². The molecular weight excluding hydrogens is 354 g/mol. The van der Waals surface area contributed by atoms with Gasteiger partial charge in [-0.15, -0.1) is 0 Å². The molecule has 1 heterocycles. The molecule has 1 unspecified atom stereocenters. The highest BCUT2D eigenvalue weighted by molar-refractivity contribution is 7.90. The molecule has 0 aliphatic carbocycles. The molecule has 1 amide bonds. The van der Waals surface area contributed by atoms with E-state index in [1.54, 1.807) is 12.1 Å². The van der Waals surface area contributed by atoms with E-state index in [1.807, 2.05) is 37.3 Å². The second kappa shape index (κ2) is 7.29. The van der Waals surface area contributed by atoms with Crippen LogP contribution in [0.5, 0.6) is 0 Å². The van der Waals surface area contributed by atoms with Gasteiger partial charge < -0.3 is 4.74 Å². The molecule has 0 aromatic heterocycles. The topological polar surface area (TPSA) is 80.8 Å². The van der Waals surface area contributed by atoms with Crippen LogP contribution in [-0.2, 0) is 19.6 Å². The summed E-state index contributed by atoms with van der Waals surface area (Å²) >= 11 is 0. The SMILES string of the molecule is CCC(C(=O)OCCN1C(=O)c2ccccc2S1(=O)=O)c1ccccc1. The van der Waals surface area contributed by atoms with E-state index in [2.05, 4.69) is 0 Å². The fraction of sp³-hybridized carbons (Fsp3) is 0.263. The smallest absolute Gasteiger partial charge is 0.313 e. The summed E-state index contributed by atoms with van der Waals surface area (Å²) in [6, 6.07) is 15.3. The Balaban J connectivity index is 1.65. The van der Waals surface area contributed by atoms with E-state index in [4.69, 9.17) is 4.74 Å². The first-order valence-electron chi connectivity index (χ1n) is 8.34. The molecule has 0 radical (unpaired) electrons. The Morgan fingerprint density at radius 2 is 1.73 bits per heavy atom. The third kappa shape index (κ3) is 3.22. The van der Waals surface area contributed by atoms with E-state index >= 15 is 0 Å². The van der Waals surface area contributed by atoms with E-state index in [0.717, 1.165) is 9.87 Å². The minimum absolute atomic E-state index is 0.00736. The van der Waals surface area contributed by atoms with Gasteiger partial charge >= 0.3 is 5.97 Å². The number of hydrogen-bond donors (Lipinski definition) is 0. The average Bonchev–Trinajstić information content (AvgIpc) is 2.84. The Hall–Kier alpha value is -2.67. The molecule has 0 spiro atoms. The van der Waals surface area contributed by atoms with Crippen molar-refractivity contribution >= 4 is 21.9 Å². The lowest BCUT2D eigenvalue weighted by atomic mass is 9.97. The predicted octanol–water partition coefficient (Wildman–Crippen LogP) is 2.57. The Morgan fingerprint density at radius 3 is 2.38 bits per heavy atom. The molecule has 2 aromatic carbocycles. The van der Waals surface area contributed by atoms with Crippen LogP contribution in [0.1, 0.15) is 35.2 Å². The standard InChI is InChI=1S/C19H19NO5S/c1-2-15(14-8-4-3-5-9-14)19(22)25-13-12-20-18(21)16-10-6-7-11-17(16)26(20,23)24/h3-11,15H,2,12-13H2,1H3. The number of ether oxygens (including phenoxy) is 1. The summed E-state index contributed by atoms with van der Waals surface area (Å²) in [7, 11) is -3.88. The zero-order valence-electron chi connectivity index (χ0n) is 14.3. The van der Waals surface area contributed by atoms with Crippen LogP contribution in [-0.4, -0.2) is 37.8 Å². The van der Waals surface area contributed by atoms with Crippen LogP contribution >= 0.6 is 0 Å². The Kier molecular flexibility index (Phi) is 5.08. The van der Waals surface area contributed by atoms with Crippen LogP contribution in [0.3, 0.4) is 0 Å². The average molecular weight is 373 g/mol. The van der Waals surface area contributed by atoms with Gasteiger partial charge in [0.05, 0.1) is 18.0 Å². The molecule has 7 heteroatoms. The number of sulfonamides is 1. The van der Waals surface area contributed by atoms with Gasteiger partial charge in [0, 0.05) is 0 Å². The van der Waals surface area contributed by atoms with Gasteiger partial charge in [-0.1, -0.05) is 49.4 Å². The van der Waals surface area contributed by atoms with Gasteiger partial charge in [-0.3, -0.25) is 9.59 Å². The Labute approximate surface area is 152 Å². The normalized spacial score (nSPS) is 16.2. The molecule has 2 aromatic rings. The summed E-state index contributed by atoms with van der Waals surface area (Å²) in [6.07, 6.45) is 0.565. The molecule has 1 aliphatic heterocycles. The number of benzene rings is 2. The van der Waals surface area contributed by atoms with E-state index in [0.29, 0.717) is 6.42 Å². The molecule has 26 heavy (non-hydrogen) atoms. The van der Waals surface area contributed by atoms with Crippen LogP contribution in [0.15, 0.2) is 59.5 Å². The van der Waals surface area contributed by atoms with Gasteiger partial charge in [0.15, 0.2) is 0 Å². The molecule has 6 nitrogen and oxygen atoms in total. The first-order chi connectivity index (χ1) is 12.5. The molecule has 0 saturated heterocycles. The maximum atomic E-state index is 12.4. The lowest BCUT2D eigenvalue weighted by Gasteiger charge is -2.17. The van der Waals surface area contributed by atoms with Crippen molar-refractivity contribution in [2.75, 3.05) is 13.2 Å². The molecule has 0 saturated carbocycles. The molecule has 136 valence electrons. The van der Waals surface area contributed by atoms with Crippen molar-refractivity contribution in [1.82, 2.24) is 4.31 Å². The number of amides is 1. The van der Waals surface area contributed by atoms with Crippen LogP contribution in [0, 0.1) is 0 Å². The van der Waals surface area contributed by atoms with Gasteiger partial charge in [-0.05, 0) is 24.1 Å². The molecule has 1 atom stereocenters. The quantitative estimate of drug-likeness (QED) is 0.727. The first-order valence-corrected chi connectivity index (χ1v) is 9.78. The maximum absolute atomic E-state index is 12.4. The Morgan fingerprint density at radius 1 is 1.08 bits per heavy atom. The van der Waals surface area contributed by atoms with Crippen LogP contribution < -0.4 is 0 Å². The first kappa shape index (κ1) is 18.1. The minimum atomic E-state index is -3.88. The summed E-state index contributed by atoms with van der Waals surface area (Å²) in [4.78, 5) is 24.6. The number of fused-ring (bicyclic) bond motifs is 1. The molecular formula is C19H19NO5S. The third-order valence-electron chi connectivity index (χ3n) is 4.35. The van der Waals surface area contributed by atoms with E-state index in [9.17, 15) is 18.0 Å². The van der Waals surface area contributed by atoms with Crippen molar-refractivity contribution in [1.29, 1.82) is 0 Å². The lowest BCUT2D eigenvalue weighted by Crippen LogP contribution is -2.34. The molecule has 0 bridgehead atoms. The summed E-state index contributed by atoms with van der Waals surface area (Å²) in [5.74, 6) is -1.44. The third-order valence-corrected chi connectivity index (χ3v) is 6.19. The maximum Gasteiger partial charge on any atom is 0.313 e. The van der Waals surface area contributed by atoms with Crippen molar-refractivity contribution in [2.45, 2.75) is 24.2 Å². The van der Waals surface area contributed by atoms with Gasteiger partial charge in [0.25, 0.3) is 15.9 Å². The monoisotopic (exact) mass is 373 g/mol. The van der Waals surface area contributed by atoms with E-state index in [1.165, 1.54) is 12.1 Å². The number of carbonyl (C=O) groups excluding carboxylic acids is 2. The summed E-state index contributed by atoms with van der Waals surface area (Å²) in [5, 5.41) is 0. The fourth-order valence-corrected chi connectivity index (χ4v) is 4.56. The molecule has 0 N–H and O–H groups in total. The van der Waals surface area contributed by atoms with Crippen molar-refractivity contribution in [3.05, 3.63) is 65.7 Å². The van der Waals surface area contributed by atoms with E-state index < -0.39 is 27.8 Å². The number of rotatable bonds is 6. The number of carbonyl (C=O) groups is 2. The van der Waals surface area contributed by atoms with Gasteiger partial charge in [-0.2, -0.15) is 0 Å². The second-order valence-electron chi connectivity index (χ2n) is 5.92. The number of esters is 1. The fourth-order valence-electron chi connectivity index (χ4n) is 3.01. The largest absolute Gasteiger partial charge is 0.463 e. The summed E-state index contributed by atoms with van der Waals surface area (Å²) in [6.45, 7) is 1.50. The van der Waals surface area contributed by atoms with Crippen molar-refractivity contribution in [3.8, 4) is 0 Å². The summed E-state index contributed by atoms with van der Waals surface area (Å²) in [5.41, 5.74) is 0.992. The predicted molar refractivity (Wildman–Crippen MR) is 95.1 cm³/mol. The van der Waals surface area contributed by atoms with Crippen molar-refractivity contribution < 1.29 is 22.7 Å². The Bertz CT molecular complexity index is 924. The van der Waals surface area contributed by atoms with Crippen LogP contribution in [0.4, 0.5) is 0 Å². The van der Waals surface area contributed by atoms with Crippen LogP contribution in [0.2, 0.25) is 0 Å². The highest BCUT2D eigenvalue weighted by atomic mass is 32.2. The number of nitrogens with zero attached hydrogens (tertiary/aromatic N) is 1. The number of hydrogen-bond acceptors (Lipinski definition) is 5. The zero-order chi connectivity index (χ0) is 18.7. The zero-order valence-corrected chi connectivity index (χ0v) is 15.1. The molecule has 0 fully saturated rings. The van der Waals surface area contributed by atoms with Crippen LogP contribution in [0.25, 0.3) is 0 Å². The minimum Gasteiger partial charge on any atom is -0.463 e. The highest BCUT2D eigenvalue weighted by Crippen LogP contribution is 2.29. The van der Waals surface area contributed by atoms with Gasteiger partial charge in [0.2, 0.25) is 0 Å².